The maximum atomic E-state index is 5.08. The van der Waals surface area contributed by atoms with E-state index in [1.807, 2.05) is 92.1 Å². The molecule has 0 saturated heterocycles. The molecular formula is C41H30N6. The molecule has 0 radical (unpaired) electrons. The van der Waals surface area contributed by atoms with Gasteiger partial charge in [-0.2, -0.15) is 0 Å². The Morgan fingerprint density at radius 2 is 1.02 bits per heavy atom. The molecule has 0 aliphatic heterocycles. The zero-order valence-corrected chi connectivity index (χ0v) is 26.3. The van der Waals surface area contributed by atoms with Crippen LogP contribution in [0, 0.1) is 20.8 Å². The van der Waals surface area contributed by atoms with Crippen LogP contribution in [0.1, 0.15) is 17.0 Å². The molecule has 0 bridgehead atoms. The highest BCUT2D eigenvalue weighted by atomic mass is 15.0. The quantitative estimate of drug-likeness (QED) is 0.182. The third-order valence-corrected chi connectivity index (χ3v) is 8.48. The molecule has 0 N–H and O–H groups in total. The van der Waals surface area contributed by atoms with Crippen molar-refractivity contribution in [2.24, 2.45) is 0 Å². The molecule has 4 heterocycles. The van der Waals surface area contributed by atoms with E-state index in [-0.39, 0.29) is 0 Å². The van der Waals surface area contributed by atoms with E-state index in [1.165, 1.54) is 0 Å². The molecule has 0 unspecified atom stereocenters. The second-order valence-electron chi connectivity index (χ2n) is 11.8. The Morgan fingerprint density at radius 3 is 1.68 bits per heavy atom. The molecule has 0 saturated carbocycles. The van der Waals surface area contributed by atoms with Crippen LogP contribution >= 0.6 is 0 Å². The minimum Gasteiger partial charge on any atom is -0.258 e. The van der Waals surface area contributed by atoms with Crippen LogP contribution in [0.2, 0.25) is 0 Å². The average molecular weight is 607 g/mol. The fourth-order valence-corrected chi connectivity index (χ4v) is 6.47. The summed E-state index contributed by atoms with van der Waals surface area (Å²) in [6, 6.07) is 39.2. The van der Waals surface area contributed by atoms with E-state index < -0.39 is 0 Å². The molecule has 0 spiro atoms. The van der Waals surface area contributed by atoms with Crippen molar-refractivity contribution in [3.8, 4) is 56.4 Å². The Hall–Kier alpha value is -6.14. The van der Waals surface area contributed by atoms with Gasteiger partial charge in [0.05, 0.1) is 11.0 Å². The van der Waals surface area contributed by atoms with Gasteiger partial charge in [0.25, 0.3) is 0 Å². The van der Waals surface area contributed by atoms with Gasteiger partial charge in [-0.1, -0.05) is 72.8 Å². The predicted molar refractivity (Wildman–Crippen MR) is 190 cm³/mol. The largest absolute Gasteiger partial charge is 0.258 e. The highest BCUT2D eigenvalue weighted by Crippen LogP contribution is 2.39. The van der Waals surface area contributed by atoms with Crippen LogP contribution in [0.25, 0.3) is 78.2 Å². The van der Waals surface area contributed by atoms with E-state index in [1.54, 1.807) is 0 Å². The lowest BCUT2D eigenvalue weighted by atomic mass is 9.91. The highest BCUT2D eigenvalue weighted by molar-refractivity contribution is 6.10. The van der Waals surface area contributed by atoms with E-state index in [4.69, 9.17) is 24.9 Å². The second kappa shape index (κ2) is 11.7. The van der Waals surface area contributed by atoms with Crippen molar-refractivity contribution in [3.05, 3.63) is 145 Å². The van der Waals surface area contributed by atoms with E-state index >= 15 is 0 Å². The smallest absolute Gasteiger partial charge is 0.164 e. The number of aromatic nitrogens is 6. The van der Waals surface area contributed by atoms with Gasteiger partial charge < -0.3 is 0 Å². The molecule has 0 aliphatic carbocycles. The van der Waals surface area contributed by atoms with Gasteiger partial charge in [-0.15, -0.1) is 0 Å². The van der Waals surface area contributed by atoms with Crippen molar-refractivity contribution in [3.63, 3.8) is 0 Å². The van der Waals surface area contributed by atoms with Gasteiger partial charge in [-0.25, -0.2) is 15.0 Å². The van der Waals surface area contributed by atoms with Crippen molar-refractivity contribution < 1.29 is 0 Å². The lowest BCUT2D eigenvalue weighted by Crippen LogP contribution is -2.01. The SMILES string of the molecule is Cc1cc(C)c(-c2cc(-c3nc(-c4ccccc4)nc(-c4ccccc4)n3)cc(-c3cc4cccnc4c4ncccc34)c2)c(C)n1. The molecule has 4 aromatic carbocycles. The average Bonchev–Trinajstić information content (AvgIpc) is 3.11. The first kappa shape index (κ1) is 28.3. The van der Waals surface area contributed by atoms with Gasteiger partial charge in [0.15, 0.2) is 17.5 Å². The van der Waals surface area contributed by atoms with Gasteiger partial charge in [0, 0.05) is 56.8 Å². The summed E-state index contributed by atoms with van der Waals surface area (Å²) in [7, 11) is 0. The third-order valence-electron chi connectivity index (χ3n) is 8.48. The first-order valence-electron chi connectivity index (χ1n) is 15.6. The summed E-state index contributed by atoms with van der Waals surface area (Å²) in [5, 5.41) is 2.06. The minimum atomic E-state index is 0.598. The lowest BCUT2D eigenvalue weighted by molar-refractivity contribution is 1.07. The molecule has 0 amide bonds. The van der Waals surface area contributed by atoms with Gasteiger partial charge in [-0.3, -0.25) is 15.0 Å². The van der Waals surface area contributed by atoms with Crippen molar-refractivity contribution >= 4 is 21.8 Å². The number of hydrogen-bond acceptors (Lipinski definition) is 6. The number of pyridine rings is 3. The summed E-state index contributed by atoms with van der Waals surface area (Å²) in [5.74, 6) is 1.84. The molecule has 0 fully saturated rings. The summed E-state index contributed by atoms with van der Waals surface area (Å²) in [5.41, 5.74) is 11.9. The third kappa shape index (κ3) is 5.30. The standard InChI is InChI=1S/C41H30N6/c1-25-20-26(2)44-27(3)36(25)32-21-31(35-24-30-16-10-18-42-37(30)38-34(35)17-11-19-43-38)22-33(23-32)41-46-39(28-12-6-4-7-13-28)45-40(47-41)29-14-8-5-9-15-29/h4-24H,1-3H3. The molecule has 0 atom stereocenters. The molecule has 8 rings (SSSR count). The maximum Gasteiger partial charge on any atom is 0.164 e. The van der Waals surface area contributed by atoms with Crippen LogP contribution in [0.3, 0.4) is 0 Å². The van der Waals surface area contributed by atoms with Crippen LogP contribution in [0.5, 0.6) is 0 Å². The first-order valence-corrected chi connectivity index (χ1v) is 15.6. The number of aryl methyl sites for hydroxylation is 3. The summed E-state index contributed by atoms with van der Waals surface area (Å²) in [4.78, 5) is 29.4. The Balaban J connectivity index is 1.44. The monoisotopic (exact) mass is 606 g/mol. The van der Waals surface area contributed by atoms with Crippen LogP contribution in [0.4, 0.5) is 0 Å². The van der Waals surface area contributed by atoms with E-state index in [0.29, 0.717) is 17.5 Å². The number of benzene rings is 4. The molecule has 6 nitrogen and oxygen atoms in total. The summed E-state index contributed by atoms with van der Waals surface area (Å²) >= 11 is 0. The van der Waals surface area contributed by atoms with Gasteiger partial charge in [0.1, 0.15) is 0 Å². The Labute approximate surface area is 272 Å². The number of hydrogen-bond donors (Lipinski definition) is 0. The number of nitrogens with zero attached hydrogens (tertiary/aromatic N) is 6. The Bertz CT molecular complexity index is 2360. The van der Waals surface area contributed by atoms with Gasteiger partial charge >= 0.3 is 0 Å². The predicted octanol–water partition coefficient (Wildman–Crippen LogP) is 9.62. The topological polar surface area (TPSA) is 77.3 Å². The summed E-state index contributed by atoms with van der Waals surface area (Å²) < 4.78 is 0. The fourth-order valence-electron chi connectivity index (χ4n) is 6.47. The molecule has 224 valence electrons. The van der Waals surface area contributed by atoms with Crippen molar-refractivity contribution in [2.75, 3.05) is 0 Å². The van der Waals surface area contributed by atoms with Crippen LogP contribution < -0.4 is 0 Å². The molecular weight excluding hydrogens is 576 g/mol. The molecule has 47 heavy (non-hydrogen) atoms. The Morgan fingerprint density at radius 1 is 0.447 bits per heavy atom. The van der Waals surface area contributed by atoms with Gasteiger partial charge in [0.2, 0.25) is 0 Å². The maximum absolute atomic E-state index is 5.08. The van der Waals surface area contributed by atoms with Gasteiger partial charge in [-0.05, 0) is 85.5 Å². The summed E-state index contributed by atoms with van der Waals surface area (Å²) in [6.45, 7) is 6.26. The highest BCUT2D eigenvalue weighted by Gasteiger charge is 2.18. The van der Waals surface area contributed by atoms with E-state index in [2.05, 4.69) is 61.3 Å². The van der Waals surface area contributed by atoms with Crippen LogP contribution in [-0.2, 0) is 0 Å². The zero-order valence-electron chi connectivity index (χ0n) is 26.3. The molecule has 8 aromatic rings. The summed E-state index contributed by atoms with van der Waals surface area (Å²) in [6.07, 6.45) is 3.65. The number of fused-ring (bicyclic) bond motifs is 3. The normalized spacial score (nSPS) is 11.3. The van der Waals surface area contributed by atoms with Crippen molar-refractivity contribution in [1.82, 2.24) is 29.9 Å². The first-order chi connectivity index (χ1) is 23.0. The van der Waals surface area contributed by atoms with Crippen molar-refractivity contribution in [1.29, 1.82) is 0 Å². The van der Waals surface area contributed by atoms with Crippen LogP contribution in [-0.4, -0.2) is 29.9 Å². The van der Waals surface area contributed by atoms with Crippen molar-refractivity contribution in [2.45, 2.75) is 20.8 Å². The molecule has 6 heteroatoms. The van der Waals surface area contributed by atoms with Crippen LogP contribution in [0.15, 0.2) is 128 Å². The fraction of sp³-hybridized carbons (Fsp3) is 0.0732. The van der Waals surface area contributed by atoms with E-state index in [0.717, 1.165) is 77.7 Å². The number of rotatable bonds is 5. The minimum absolute atomic E-state index is 0.598. The zero-order chi connectivity index (χ0) is 31.9. The van der Waals surface area contributed by atoms with E-state index in [9.17, 15) is 0 Å². The molecule has 0 aliphatic rings. The molecule has 4 aromatic heterocycles. The Kier molecular flexibility index (Phi) is 7.03. The second-order valence-corrected chi connectivity index (χ2v) is 11.8. The lowest BCUT2D eigenvalue weighted by Gasteiger charge is -2.16.